The molecule has 0 fully saturated rings. The summed E-state index contributed by atoms with van der Waals surface area (Å²) in [6.45, 7) is 7.20. The van der Waals surface area contributed by atoms with Crippen molar-refractivity contribution in [2.75, 3.05) is 18.5 Å². The number of aromatic nitrogens is 3. The summed E-state index contributed by atoms with van der Waals surface area (Å²) >= 11 is 0. The topological polar surface area (TPSA) is 121 Å². The molecule has 0 radical (unpaired) electrons. The number of nitrogens with zero attached hydrogens (tertiary/aromatic N) is 4. The van der Waals surface area contributed by atoms with Crippen LogP contribution in [-0.2, 0) is 9.53 Å². The van der Waals surface area contributed by atoms with Crippen LogP contribution >= 0.6 is 0 Å². The zero-order chi connectivity index (χ0) is 23.5. The van der Waals surface area contributed by atoms with Crippen molar-refractivity contribution in [2.45, 2.75) is 33.7 Å². The smallest absolute Gasteiger partial charge is 0.333 e. The standard InChI is InChI=1S/C21H24FN5O5/c1-5-31-20(28)21(3,4)12-32-17-7-6-14(22)10-15(17)13(2)24-18-8-9-26-19(25-18)16(11-23-26)27(29)30/h6-11,13H,5,12H2,1-4H3,(H,24,25)/t13-/m1/s1. The van der Waals surface area contributed by atoms with Gasteiger partial charge in [-0.1, -0.05) is 0 Å². The lowest BCUT2D eigenvalue weighted by Gasteiger charge is -2.24. The van der Waals surface area contributed by atoms with Crippen molar-refractivity contribution in [2.24, 2.45) is 5.41 Å². The number of rotatable bonds is 9. The van der Waals surface area contributed by atoms with E-state index in [9.17, 15) is 19.3 Å². The van der Waals surface area contributed by atoms with Gasteiger partial charge in [-0.2, -0.15) is 5.10 Å². The molecule has 1 N–H and O–H groups in total. The summed E-state index contributed by atoms with van der Waals surface area (Å²) in [6.07, 6.45) is 2.66. The van der Waals surface area contributed by atoms with Crippen molar-refractivity contribution in [3.8, 4) is 5.75 Å². The fourth-order valence-corrected chi connectivity index (χ4v) is 3.00. The van der Waals surface area contributed by atoms with E-state index in [1.165, 1.54) is 28.9 Å². The van der Waals surface area contributed by atoms with E-state index in [4.69, 9.17) is 9.47 Å². The average molecular weight is 445 g/mol. The molecule has 0 amide bonds. The molecule has 32 heavy (non-hydrogen) atoms. The number of carbonyl (C=O) groups excluding carboxylic acids is 1. The van der Waals surface area contributed by atoms with E-state index >= 15 is 0 Å². The van der Waals surface area contributed by atoms with Crippen molar-refractivity contribution in [1.82, 2.24) is 14.6 Å². The SMILES string of the molecule is CCOC(=O)C(C)(C)COc1ccc(F)cc1[C@@H](C)Nc1ccn2ncc([N+](=O)[O-])c2n1. The Morgan fingerprint density at radius 2 is 2.12 bits per heavy atom. The van der Waals surface area contributed by atoms with Crippen LogP contribution in [0.15, 0.2) is 36.7 Å². The minimum Gasteiger partial charge on any atom is -0.492 e. The first-order valence-electron chi connectivity index (χ1n) is 9.97. The van der Waals surface area contributed by atoms with E-state index in [2.05, 4.69) is 15.4 Å². The zero-order valence-electron chi connectivity index (χ0n) is 18.2. The van der Waals surface area contributed by atoms with Gasteiger partial charge in [0.15, 0.2) is 0 Å². The van der Waals surface area contributed by atoms with Crippen LogP contribution in [0, 0.1) is 21.3 Å². The Morgan fingerprint density at radius 3 is 2.81 bits per heavy atom. The van der Waals surface area contributed by atoms with Gasteiger partial charge >= 0.3 is 11.7 Å². The highest BCUT2D eigenvalue weighted by Gasteiger charge is 2.31. The van der Waals surface area contributed by atoms with Crippen LogP contribution in [0.2, 0.25) is 0 Å². The molecule has 1 atom stereocenters. The number of fused-ring (bicyclic) bond motifs is 1. The summed E-state index contributed by atoms with van der Waals surface area (Å²) in [6, 6.07) is 5.21. The van der Waals surface area contributed by atoms with Gasteiger partial charge in [0.05, 0.1) is 23.0 Å². The molecule has 0 saturated heterocycles. The summed E-state index contributed by atoms with van der Waals surface area (Å²) in [5.74, 6) is -0.119. The lowest BCUT2D eigenvalue weighted by Crippen LogP contribution is -2.33. The second kappa shape index (κ2) is 9.16. The number of esters is 1. The van der Waals surface area contributed by atoms with Crippen molar-refractivity contribution in [3.05, 3.63) is 58.2 Å². The molecule has 3 rings (SSSR count). The van der Waals surface area contributed by atoms with Crippen molar-refractivity contribution in [3.63, 3.8) is 0 Å². The molecule has 0 spiro atoms. The largest absolute Gasteiger partial charge is 0.492 e. The highest BCUT2D eigenvalue weighted by molar-refractivity contribution is 5.76. The number of carbonyl (C=O) groups is 1. The number of ether oxygens (including phenoxy) is 2. The summed E-state index contributed by atoms with van der Waals surface area (Å²) in [5.41, 5.74) is -0.544. The van der Waals surface area contributed by atoms with Crippen molar-refractivity contribution >= 4 is 23.1 Å². The van der Waals surface area contributed by atoms with Gasteiger partial charge in [-0.25, -0.2) is 13.9 Å². The van der Waals surface area contributed by atoms with Gasteiger partial charge in [0.1, 0.15) is 30.2 Å². The van der Waals surface area contributed by atoms with Gasteiger partial charge in [-0.15, -0.1) is 0 Å². The van der Waals surface area contributed by atoms with Crippen LogP contribution in [0.3, 0.4) is 0 Å². The van der Waals surface area contributed by atoms with E-state index in [-0.39, 0.29) is 24.5 Å². The maximum absolute atomic E-state index is 14.0. The molecule has 0 unspecified atom stereocenters. The second-order valence-electron chi connectivity index (χ2n) is 7.81. The molecule has 10 nitrogen and oxygen atoms in total. The van der Waals surface area contributed by atoms with E-state index in [0.29, 0.717) is 17.1 Å². The van der Waals surface area contributed by atoms with Gasteiger partial charge < -0.3 is 14.8 Å². The molecule has 0 bridgehead atoms. The molecule has 0 aliphatic heterocycles. The predicted octanol–water partition coefficient (Wildman–Crippen LogP) is 3.92. The number of nitro groups is 1. The summed E-state index contributed by atoms with van der Waals surface area (Å²) < 4.78 is 26.2. The Bertz CT molecular complexity index is 1150. The first-order valence-corrected chi connectivity index (χ1v) is 9.97. The summed E-state index contributed by atoms with van der Waals surface area (Å²) in [7, 11) is 0. The highest BCUT2D eigenvalue weighted by Crippen LogP contribution is 2.30. The molecule has 2 aromatic heterocycles. The first kappa shape index (κ1) is 22.9. The average Bonchev–Trinajstić information content (AvgIpc) is 3.16. The van der Waals surface area contributed by atoms with Crippen LogP contribution in [0.4, 0.5) is 15.9 Å². The Balaban J connectivity index is 1.82. The fraction of sp³-hybridized carbons (Fsp3) is 0.381. The maximum atomic E-state index is 14.0. The normalized spacial score (nSPS) is 12.4. The van der Waals surface area contributed by atoms with Crippen LogP contribution < -0.4 is 10.1 Å². The van der Waals surface area contributed by atoms with E-state index in [1.54, 1.807) is 33.8 Å². The Labute approximate surface area is 183 Å². The third-order valence-electron chi connectivity index (χ3n) is 4.77. The van der Waals surface area contributed by atoms with Gasteiger partial charge in [0, 0.05) is 11.8 Å². The van der Waals surface area contributed by atoms with E-state index < -0.39 is 28.2 Å². The molecule has 170 valence electrons. The fourth-order valence-electron chi connectivity index (χ4n) is 3.00. The Kier molecular flexibility index (Phi) is 6.56. The Morgan fingerprint density at radius 1 is 1.38 bits per heavy atom. The number of halogens is 1. The summed E-state index contributed by atoms with van der Waals surface area (Å²) in [5, 5.41) is 18.2. The Hall–Kier alpha value is -3.76. The lowest BCUT2D eigenvalue weighted by molar-refractivity contribution is -0.383. The van der Waals surface area contributed by atoms with Crippen molar-refractivity contribution < 1.29 is 23.6 Å². The number of hydrogen-bond donors (Lipinski definition) is 1. The molecular formula is C21H24FN5O5. The third-order valence-corrected chi connectivity index (χ3v) is 4.77. The monoisotopic (exact) mass is 445 g/mol. The number of hydrogen-bond acceptors (Lipinski definition) is 8. The minimum atomic E-state index is -0.897. The second-order valence-corrected chi connectivity index (χ2v) is 7.81. The zero-order valence-corrected chi connectivity index (χ0v) is 18.2. The molecule has 3 aromatic rings. The third kappa shape index (κ3) is 4.93. The molecule has 2 heterocycles. The minimum absolute atomic E-state index is 0.0312. The number of anilines is 1. The highest BCUT2D eigenvalue weighted by atomic mass is 19.1. The van der Waals surface area contributed by atoms with Gasteiger partial charge in [0.2, 0.25) is 5.65 Å². The predicted molar refractivity (Wildman–Crippen MR) is 114 cm³/mol. The van der Waals surface area contributed by atoms with Crippen molar-refractivity contribution in [1.29, 1.82) is 0 Å². The first-order chi connectivity index (χ1) is 15.1. The van der Waals surface area contributed by atoms with Gasteiger partial charge in [-0.05, 0) is 52.0 Å². The lowest BCUT2D eigenvalue weighted by atomic mass is 9.95. The van der Waals surface area contributed by atoms with Crippen LogP contribution in [-0.4, -0.2) is 38.7 Å². The molecule has 11 heteroatoms. The van der Waals surface area contributed by atoms with Crippen LogP contribution in [0.25, 0.3) is 5.65 Å². The number of nitrogens with one attached hydrogen (secondary N) is 1. The van der Waals surface area contributed by atoms with Gasteiger partial charge in [0.25, 0.3) is 0 Å². The molecule has 1 aromatic carbocycles. The summed E-state index contributed by atoms with van der Waals surface area (Å²) in [4.78, 5) is 27.0. The quantitative estimate of drug-likeness (QED) is 0.299. The van der Waals surface area contributed by atoms with Gasteiger partial charge in [-0.3, -0.25) is 14.9 Å². The molecule has 0 aliphatic rings. The van der Waals surface area contributed by atoms with E-state index in [0.717, 1.165) is 6.20 Å². The van der Waals surface area contributed by atoms with Crippen LogP contribution in [0.1, 0.15) is 39.3 Å². The van der Waals surface area contributed by atoms with Crippen LogP contribution in [0.5, 0.6) is 5.75 Å². The van der Waals surface area contributed by atoms with E-state index in [1.807, 2.05) is 0 Å². The maximum Gasteiger partial charge on any atom is 0.333 e. The number of benzene rings is 1. The molecule has 0 saturated carbocycles. The molecular weight excluding hydrogens is 421 g/mol. The molecule has 0 aliphatic carbocycles.